The summed E-state index contributed by atoms with van der Waals surface area (Å²) >= 11 is 19.0. The average molecular weight is 577 g/mol. The van der Waals surface area contributed by atoms with Crippen LogP contribution in [0.15, 0.2) is 36.4 Å². The van der Waals surface area contributed by atoms with Gasteiger partial charge in [-0.3, -0.25) is 13.9 Å². The number of benzene rings is 2. The molecule has 0 unspecified atom stereocenters. The predicted molar refractivity (Wildman–Crippen MR) is 147 cm³/mol. The van der Waals surface area contributed by atoms with Gasteiger partial charge in [0.15, 0.2) is 0 Å². The molecule has 2 amide bonds. The van der Waals surface area contributed by atoms with Gasteiger partial charge in [-0.25, -0.2) is 8.42 Å². The maximum atomic E-state index is 13.7. The number of aryl methyl sites for hydroxylation is 1. The minimum absolute atomic E-state index is 0.0837. The minimum atomic E-state index is -3.87. The van der Waals surface area contributed by atoms with E-state index in [0.29, 0.717) is 20.6 Å². The van der Waals surface area contributed by atoms with E-state index in [1.165, 1.54) is 11.0 Å². The van der Waals surface area contributed by atoms with E-state index in [1.807, 2.05) is 20.8 Å². The zero-order valence-corrected chi connectivity index (χ0v) is 24.3. The Morgan fingerprint density at radius 3 is 2.08 bits per heavy atom. The van der Waals surface area contributed by atoms with Gasteiger partial charge >= 0.3 is 0 Å². The molecule has 0 saturated carbocycles. The highest BCUT2D eigenvalue weighted by Gasteiger charge is 2.33. The topological polar surface area (TPSA) is 86.8 Å². The van der Waals surface area contributed by atoms with Crippen LogP contribution in [0.3, 0.4) is 0 Å². The van der Waals surface area contributed by atoms with Gasteiger partial charge in [0.1, 0.15) is 12.6 Å². The standard InChI is InChI=1S/C25H32Cl3N3O4S/c1-7-22(24(33)29-25(3,4)5)30(14-18-19(26)9-8-10-20(18)27)23(32)15-31(36(6,34)35)17-12-11-16(2)21(28)13-17/h8-13,22H,7,14-15H2,1-6H3,(H,29,33)/t22-/m0/s1. The van der Waals surface area contributed by atoms with Crippen LogP contribution in [-0.2, 0) is 26.2 Å². The molecule has 0 radical (unpaired) electrons. The Labute approximate surface area is 228 Å². The van der Waals surface area contributed by atoms with E-state index in [1.54, 1.807) is 44.2 Å². The summed E-state index contributed by atoms with van der Waals surface area (Å²) in [7, 11) is -3.87. The molecule has 2 rings (SSSR count). The number of nitrogens with one attached hydrogen (secondary N) is 1. The van der Waals surface area contributed by atoms with E-state index in [4.69, 9.17) is 34.8 Å². The zero-order valence-electron chi connectivity index (χ0n) is 21.2. The van der Waals surface area contributed by atoms with Crippen molar-refractivity contribution in [1.29, 1.82) is 0 Å². The van der Waals surface area contributed by atoms with Gasteiger partial charge in [0.25, 0.3) is 0 Å². The first-order valence-electron chi connectivity index (χ1n) is 11.3. The predicted octanol–water partition coefficient (Wildman–Crippen LogP) is 5.44. The van der Waals surface area contributed by atoms with Gasteiger partial charge in [0.05, 0.1) is 11.9 Å². The van der Waals surface area contributed by atoms with E-state index >= 15 is 0 Å². The molecule has 0 spiro atoms. The van der Waals surface area contributed by atoms with Crippen LogP contribution in [0.2, 0.25) is 15.1 Å². The van der Waals surface area contributed by atoms with Crippen molar-refractivity contribution in [2.75, 3.05) is 17.1 Å². The number of halogens is 3. The van der Waals surface area contributed by atoms with Crippen molar-refractivity contribution in [3.05, 3.63) is 62.6 Å². The van der Waals surface area contributed by atoms with Crippen molar-refractivity contribution in [2.45, 2.75) is 59.2 Å². The number of nitrogens with zero attached hydrogens (tertiary/aromatic N) is 2. The minimum Gasteiger partial charge on any atom is -0.350 e. The highest BCUT2D eigenvalue weighted by Crippen LogP contribution is 2.29. The summed E-state index contributed by atoms with van der Waals surface area (Å²) in [5.41, 5.74) is 0.920. The molecule has 0 fully saturated rings. The molecule has 7 nitrogen and oxygen atoms in total. The number of hydrogen-bond acceptors (Lipinski definition) is 4. The second kappa shape index (κ2) is 12.0. The summed E-state index contributed by atoms with van der Waals surface area (Å²) in [6.45, 7) is 8.44. The average Bonchev–Trinajstić information content (AvgIpc) is 2.73. The number of rotatable bonds is 9. The summed E-state index contributed by atoms with van der Waals surface area (Å²) in [6.07, 6.45) is 1.29. The van der Waals surface area contributed by atoms with Gasteiger partial charge in [-0.05, 0) is 63.9 Å². The normalized spacial score (nSPS) is 12.7. The van der Waals surface area contributed by atoms with Gasteiger partial charge in [-0.15, -0.1) is 0 Å². The van der Waals surface area contributed by atoms with Crippen molar-refractivity contribution in [3.63, 3.8) is 0 Å². The Hall–Kier alpha value is -2.00. The molecule has 0 aliphatic carbocycles. The largest absolute Gasteiger partial charge is 0.350 e. The molecule has 11 heteroatoms. The monoisotopic (exact) mass is 575 g/mol. The molecule has 0 aliphatic rings. The molecular weight excluding hydrogens is 545 g/mol. The van der Waals surface area contributed by atoms with Crippen molar-refractivity contribution in [1.82, 2.24) is 10.2 Å². The quantitative estimate of drug-likeness (QED) is 0.430. The van der Waals surface area contributed by atoms with E-state index in [9.17, 15) is 18.0 Å². The fourth-order valence-corrected chi connectivity index (χ4v) is 5.11. The van der Waals surface area contributed by atoms with Crippen molar-refractivity contribution < 1.29 is 18.0 Å². The number of carbonyl (C=O) groups excluding carboxylic acids is 2. The van der Waals surface area contributed by atoms with Crippen LogP contribution in [0.5, 0.6) is 0 Å². The number of sulfonamides is 1. The van der Waals surface area contributed by atoms with Gasteiger partial charge in [-0.1, -0.05) is 53.9 Å². The third kappa shape index (κ3) is 8.00. The van der Waals surface area contributed by atoms with Gasteiger partial charge in [-0.2, -0.15) is 0 Å². The second-order valence-corrected chi connectivity index (χ2v) is 12.7. The molecule has 1 atom stereocenters. The molecule has 0 aromatic heterocycles. The molecular formula is C25H32Cl3N3O4S. The lowest BCUT2D eigenvalue weighted by Gasteiger charge is -2.35. The summed E-state index contributed by atoms with van der Waals surface area (Å²) in [4.78, 5) is 28.3. The third-order valence-electron chi connectivity index (χ3n) is 5.40. The molecule has 198 valence electrons. The Balaban J connectivity index is 2.54. The van der Waals surface area contributed by atoms with Crippen molar-refractivity contribution >= 4 is 62.3 Å². The van der Waals surface area contributed by atoms with E-state index < -0.39 is 34.1 Å². The highest BCUT2D eigenvalue weighted by atomic mass is 35.5. The Bertz CT molecular complexity index is 1210. The fraction of sp³-hybridized carbons (Fsp3) is 0.440. The summed E-state index contributed by atoms with van der Waals surface area (Å²) in [5, 5.41) is 3.93. The molecule has 0 heterocycles. The molecule has 2 aromatic rings. The van der Waals surface area contributed by atoms with Crippen LogP contribution >= 0.6 is 34.8 Å². The maximum absolute atomic E-state index is 13.7. The first kappa shape index (κ1) is 30.2. The Kier molecular flexibility index (Phi) is 10.1. The van der Waals surface area contributed by atoms with Crippen LogP contribution < -0.4 is 9.62 Å². The SMILES string of the molecule is CC[C@@H](C(=O)NC(C)(C)C)N(Cc1c(Cl)cccc1Cl)C(=O)CN(c1ccc(C)c(Cl)c1)S(C)(=O)=O. The second-order valence-electron chi connectivity index (χ2n) is 9.59. The molecule has 2 aromatic carbocycles. The Morgan fingerprint density at radius 1 is 1.03 bits per heavy atom. The Morgan fingerprint density at radius 2 is 1.61 bits per heavy atom. The molecule has 0 saturated heterocycles. The summed E-state index contributed by atoms with van der Waals surface area (Å²) < 4.78 is 26.4. The van der Waals surface area contributed by atoms with Crippen LogP contribution in [-0.4, -0.2) is 49.5 Å². The number of hydrogen-bond donors (Lipinski definition) is 1. The first-order chi connectivity index (χ1) is 16.5. The molecule has 0 bridgehead atoms. The van der Waals surface area contributed by atoms with Crippen molar-refractivity contribution in [2.24, 2.45) is 0 Å². The van der Waals surface area contributed by atoms with Crippen LogP contribution in [0.1, 0.15) is 45.2 Å². The number of anilines is 1. The maximum Gasteiger partial charge on any atom is 0.244 e. The molecule has 1 N–H and O–H groups in total. The van der Waals surface area contributed by atoms with E-state index in [-0.39, 0.29) is 24.6 Å². The third-order valence-corrected chi connectivity index (χ3v) is 7.65. The van der Waals surface area contributed by atoms with Gasteiger partial charge < -0.3 is 10.2 Å². The zero-order chi connectivity index (χ0) is 27.4. The van der Waals surface area contributed by atoms with Crippen molar-refractivity contribution in [3.8, 4) is 0 Å². The number of amides is 2. The molecule has 0 aliphatic heterocycles. The smallest absolute Gasteiger partial charge is 0.244 e. The van der Waals surface area contributed by atoms with E-state index in [2.05, 4.69) is 5.32 Å². The molecule has 36 heavy (non-hydrogen) atoms. The van der Waals surface area contributed by atoms with Crippen LogP contribution in [0, 0.1) is 6.92 Å². The lowest BCUT2D eigenvalue weighted by molar-refractivity contribution is -0.141. The number of carbonyl (C=O) groups is 2. The fourth-order valence-electron chi connectivity index (χ4n) is 3.58. The lowest BCUT2D eigenvalue weighted by Crippen LogP contribution is -2.55. The van der Waals surface area contributed by atoms with Gasteiger partial charge in [0.2, 0.25) is 21.8 Å². The van der Waals surface area contributed by atoms with Crippen LogP contribution in [0.4, 0.5) is 5.69 Å². The lowest BCUT2D eigenvalue weighted by atomic mass is 10.1. The highest BCUT2D eigenvalue weighted by molar-refractivity contribution is 7.92. The van der Waals surface area contributed by atoms with Crippen LogP contribution in [0.25, 0.3) is 0 Å². The first-order valence-corrected chi connectivity index (χ1v) is 14.3. The summed E-state index contributed by atoms with van der Waals surface area (Å²) in [5.74, 6) is -0.963. The van der Waals surface area contributed by atoms with E-state index in [0.717, 1.165) is 16.1 Å². The van der Waals surface area contributed by atoms with Gasteiger partial charge in [0, 0.05) is 32.7 Å². The summed E-state index contributed by atoms with van der Waals surface area (Å²) in [6, 6.07) is 8.80.